The smallest absolute Gasteiger partial charge is 0.0738 e. The van der Waals surface area contributed by atoms with Crippen molar-refractivity contribution in [3.63, 3.8) is 0 Å². The molecule has 0 aromatic heterocycles. The molecule has 0 radical (unpaired) electrons. The second-order valence-electron chi connectivity index (χ2n) is 7.55. The molecule has 0 aliphatic heterocycles. The first-order chi connectivity index (χ1) is 10.4. The van der Waals surface area contributed by atoms with Gasteiger partial charge in [-0.2, -0.15) is 0 Å². The van der Waals surface area contributed by atoms with Gasteiger partial charge in [-0.3, -0.25) is 0 Å². The van der Waals surface area contributed by atoms with Crippen molar-refractivity contribution in [1.29, 1.82) is 0 Å². The molecule has 0 aromatic carbocycles. The molecule has 0 heterocycles. The Morgan fingerprint density at radius 3 is 1.59 bits per heavy atom. The maximum Gasteiger partial charge on any atom is 0.0738 e. The van der Waals surface area contributed by atoms with Gasteiger partial charge in [-0.25, -0.2) is 0 Å². The molecule has 0 amide bonds. The first-order valence-electron chi connectivity index (χ1n) is 9.53. The third-order valence-electron chi connectivity index (χ3n) is 4.50. The molecule has 2 atom stereocenters. The number of rotatable bonds is 15. The van der Waals surface area contributed by atoms with Gasteiger partial charge in [0.25, 0.3) is 0 Å². The second-order valence-corrected chi connectivity index (χ2v) is 7.55. The van der Waals surface area contributed by atoms with Gasteiger partial charge in [0.05, 0.1) is 12.2 Å². The SMILES string of the molecule is CCCCCCCCCCCCC[C@H](O)C[C@H](O)C(C)(C)N. The van der Waals surface area contributed by atoms with Gasteiger partial charge in [0.15, 0.2) is 0 Å². The van der Waals surface area contributed by atoms with Crippen LogP contribution in [0.5, 0.6) is 0 Å². The van der Waals surface area contributed by atoms with Gasteiger partial charge in [0, 0.05) is 12.0 Å². The average Bonchev–Trinajstić information content (AvgIpc) is 2.43. The quantitative estimate of drug-likeness (QED) is 0.389. The van der Waals surface area contributed by atoms with E-state index in [0.29, 0.717) is 6.42 Å². The number of hydrogen-bond acceptors (Lipinski definition) is 3. The lowest BCUT2D eigenvalue weighted by Crippen LogP contribution is -2.46. The van der Waals surface area contributed by atoms with E-state index in [0.717, 1.165) is 12.8 Å². The van der Waals surface area contributed by atoms with Crippen molar-refractivity contribution < 1.29 is 10.2 Å². The van der Waals surface area contributed by atoms with E-state index in [-0.39, 0.29) is 0 Å². The van der Waals surface area contributed by atoms with E-state index in [4.69, 9.17) is 5.73 Å². The van der Waals surface area contributed by atoms with Gasteiger partial charge < -0.3 is 15.9 Å². The normalized spacial score (nSPS) is 15.0. The zero-order valence-corrected chi connectivity index (χ0v) is 15.3. The van der Waals surface area contributed by atoms with Crippen LogP contribution in [0.2, 0.25) is 0 Å². The van der Waals surface area contributed by atoms with Crippen LogP contribution in [0.4, 0.5) is 0 Å². The van der Waals surface area contributed by atoms with E-state index in [1.165, 1.54) is 64.2 Å². The largest absolute Gasteiger partial charge is 0.393 e. The zero-order valence-electron chi connectivity index (χ0n) is 15.3. The fraction of sp³-hybridized carbons (Fsp3) is 1.00. The van der Waals surface area contributed by atoms with E-state index in [1.807, 2.05) is 0 Å². The Labute approximate surface area is 138 Å². The van der Waals surface area contributed by atoms with E-state index in [1.54, 1.807) is 13.8 Å². The van der Waals surface area contributed by atoms with Crippen molar-refractivity contribution in [3.8, 4) is 0 Å². The number of aliphatic hydroxyl groups excluding tert-OH is 2. The number of hydrogen-bond donors (Lipinski definition) is 3. The predicted octanol–water partition coefficient (Wildman–Crippen LogP) is 4.54. The monoisotopic (exact) mass is 315 g/mol. The van der Waals surface area contributed by atoms with E-state index in [9.17, 15) is 10.2 Å². The van der Waals surface area contributed by atoms with E-state index >= 15 is 0 Å². The highest BCUT2D eigenvalue weighted by atomic mass is 16.3. The molecule has 0 rings (SSSR count). The first-order valence-corrected chi connectivity index (χ1v) is 9.53. The van der Waals surface area contributed by atoms with Crippen molar-refractivity contribution in [2.45, 2.75) is 122 Å². The molecule has 0 aliphatic carbocycles. The van der Waals surface area contributed by atoms with Crippen molar-refractivity contribution in [3.05, 3.63) is 0 Å². The summed E-state index contributed by atoms with van der Waals surface area (Å²) in [4.78, 5) is 0. The molecule has 134 valence electrons. The van der Waals surface area contributed by atoms with Crippen LogP contribution in [0.3, 0.4) is 0 Å². The molecule has 0 fully saturated rings. The summed E-state index contributed by atoms with van der Waals surface area (Å²) in [6, 6.07) is 0. The fourth-order valence-corrected chi connectivity index (χ4v) is 2.72. The topological polar surface area (TPSA) is 66.5 Å². The zero-order chi connectivity index (χ0) is 16.8. The van der Waals surface area contributed by atoms with Crippen molar-refractivity contribution in [2.75, 3.05) is 0 Å². The Bertz CT molecular complexity index is 238. The standard InChI is InChI=1S/C19H41NO2/c1-4-5-6-7-8-9-10-11-12-13-14-15-17(21)16-18(22)19(2,3)20/h17-18,21-22H,4-16,20H2,1-3H3/t17-,18-/m0/s1. The van der Waals surface area contributed by atoms with Crippen LogP contribution in [-0.2, 0) is 0 Å². The van der Waals surface area contributed by atoms with Gasteiger partial charge >= 0.3 is 0 Å². The Hall–Kier alpha value is -0.120. The highest BCUT2D eigenvalue weighted by Crippen LogP contribution is 2.16. The first kappa shape index (κ1) is 21.9. The molecule has 0 saturated heterocycles. The Balaban J connectivity index is 3.32. The number of nitrogens with two attached hydrogens (primary N) is 1. The minimum Gasteiger partial charge on any atom is -0.393 e. The van der Waals surface area contributed by atoms with Gasteiger partial charge in [-0.1, -0.05) is 77.6 Å². The van der Waals surface area contributed by atoms with Crippen molar-refractivity contribution in [1.82, 2.24) is 0 Å². The lowest BCUT2D eigenvalue weighted by atomic mass is 9.92. The molecule has 3 heteroatoms. The third kappa shape index (κ3) is 13.5. The van der Waals surface area contributed by atoms with Crippen LogP contribution in [0.1, 0.15) is 104 Å². The maximum absolute atomic E-state index is 9.91. The number of aliphatic hydroxyl groups is 2. The Kier molecular flexibility index (Phi) is 13.3. The van der Waals surface area contributed by atoms with Crippen LogP contribution in [0.25, 0.3) is 0 Å². The molecule has 0 aliphatic rings. The highest BCUT2D eigenvalue weighted by molar-refractivity contribution is 4.83. The summed E-state index contributed by atoms with van der Waals surface area (Å²) in [7, 11) is 0. The van der Waals surface area contributed by atoms with Crippen LogP contribution in [-0.4, -0.2) is 28.0 Å². The summed E-state index contributed by atoms with van der Waals surface area (Å²) in [5.74, 6) is 0. The summed E-state index contributed by atoms with van der Waals surface area (Å²) in [6.45, 7) is 5.85. The molecule has 22 heavy (non-hydrogen) atoms. The van der Waals surface area contributed by atoms with Crippen LogP contribution < -0.4 is 5.73 Å². The summed E-state index contributed by atoms with van der Waals surface area (Å²) < 4.78 is 0. The molecule has 0 saturated carbocycles. The Morgan fingerprint density at radius 1 is 0.773 bits per heavy atom. The highest BCUT2D eigenvalue weighted by Gasteiger charge is 2.24. The summed E-state index contributed by atoms with van der Waals surface area (Å²) >= 11 is 0. The van der Waals surface area contributed by atoms with E-state index in [2.05, 4.69) is 6.92 Å². The number of unbranched alkanes of at least 4 members (excludes halogenated alkanes) is 10. The minimum absolute atomic E-state index is 0.390. The third-order valence-corrected chi connectivity index (χ3v) is 4.50. The van der Waals surface area contributed by atoms with Gasteiger partial charge in [-0.15, -0.1) is 0 Å². The van der Waals surface area contributed by atoms with Crippen molar-refractivity contribution in [2.24, 2.45) is 5.73 Å². The predicted molar refractivity (Wildman–Crippen MR) is 96.0 cm³/mol. The van der Waals surface area contributed by atoms with Crippen molar-refractivity contribution >= 4 is 0 Å². The van der Waals surface area contributed by atoms with Crippen LogP contribution in [0.15, 0.2) is 0 Å². The fourth-order valence-electron chi connectivity index (χ4n) is 2.72. The van der Waals surface area contributed by atoms with Gasteiger partial charge in [0.1, 0.15) is 0 Å². The average molecular weight is 316 g/mol. The molecule has 0 bridgehead atoms. The molecular formula is C19H41NO2. The lowest BCUT2D eigenvalue weighted by molar-refractivity contribution is 0.0372. The van der Waals surface area contributed by atoms with Crippen LogP contribution >= 0.6 is 0 Å². The second kappa shape index (κ2) is 13.3. The molecule has 3 nitrogen and oxygen atoms in total. The molecule has 0 spiro atoms. The Morgan fingerprint density at radius 2 is 1.18 bits per heavy atom. The van der Waals surface area contributed by atoms with Gasteiger partial charge in [0.2, 0.25) is 0 Å². The maximum atomic E-state index is 9.91. The lowest BCUT2D eigenvalue weighted by Gasteiger charge is -2.27. The summed E-state index contributed by atoms with van der Waals surface area (Å²) in [5.41, 5.74) is 5.20. The summed E-state index contributed by atoms with van der Waals surface area (Å²) in [6.07, 6.45) is 14.6. The summed E-state index contributed by atoms with van der Waals surface area (Å²) in [5, 5.41) is 19.8. The van der Waals surface area contributed by atoms with E-state index < -0.39 is 17.7 Å². The van der Waals surface area contributed by atoms with Gasteiger partial charge in [-0.05, 0) is 20.3 Å². The molecule has 4 N–H and O–H groups in total. The molecule has 0 aromatic rings. The molecule has 0 unspecified atom stereocenters. The minimum atomic E-state index is -0.629. The van der Waals surface area contributed by atoms with Crippen LogP contribution in [0, 0.1) is 0 Å². The molecular weight excluding hydrogens is 274 g/mol.